The lowest BCUT2D eigenvalue weighted by Crippen LogP contribution is -2.42. The monoisotopic (exact) mass is 256 g/mol. The van der Waals surface area contributed by atoms with Crippen molar-refractivity contribution in [3.8, 4) is 0 Å². The fraction of sp³-hybridized carbons (Fsp3) is 0.556. The smallest absolute Gasteiger partial charge is 0.326 e. The molecule has 1 saturated heterocycles. The normalized spacial score (nSPS) is 19.4. The number of urea groups is 1. The average molecular weight is 256 g/mol. The minimum Gasteiger partial charge on any atom is -0.480 e. The van der Waals surface area contributed by atoms with Crippen LogP contribution in [0.2, 0.25) is 0 Å². The van der Waals surface area contributed by atoms with Crippen LogP contribution in [0.3, 0.4) is 0 Å². The van der Waals surface area contributed by atoms with Crippen molar-refractivity contribution < 1.29 is 14.7 Å². The Balaban J connectivity index is 2.02. The molecule has 0 aromatic carbocycles. The summed E-state index contributed by atoms with van der Waals surface area (Å²) in [7, 11) is 0. The molecular weight excluding hydrogens is 244 g/mol. The molecule has 0 radical (unpaired) electrons. The van der Waals surface area contributed by atoms with Gasteiger partial charge >= 0.3 is 12.0 Å². The molecule has 1 atom stereocenters. The number of carboxylic acids is 1. The Morgan fingerprint density at radius 3 is 2.88 bits per heavy atom. The van der Waals surface area contributed by atoms with E-state index >= 15 is 0 Å². The van der Waals surface area contributed by atoms with Crippen molar-refractivity contribution in [2.24, 2.45) is 0 Å². The van der Waals surface area contributed by atoms with Gasteiger partial charge in [0.2, 0.25) is 5.13 Å². The molecule has 8 heteroatoms. The van der Waals surface area contributed by atoms with E-state index in [0.717, 1.165) is 5.01 Å². The summed E-state index contributed by atoms with van der Waals surface area (Å²) in [6.07, 6.45) is 1.21. The minimum atomic E-state index is -0.967. The van der Waals surface area contributed by atoms with Crippen LogP contribution in [0.4, 0.5) is 9.93 Å². The summed E-state index contributed by atoms with van der Waals surface area (Å²) in [5.41, 5.74) is 0. The van der Waals surface area contributed by atoms with Gasteiger partial charge in [-0.1, -0.05) is 11.3 Å². The van der Waals surface area contributed by atoms with E-state index in [2.05, 4.69) is 15.5 Å². The van der Waals surface area contributed by atoms with E-state index < -0.39 is 18.0 Å². The van der Waals surface area contributed by atoms with Gasteiger partial charge in [-0.3, -0.25) is 5.32 Å². The zero-order chi connectivity index (χ0) is 12.4. The number of aryl methyl sites for hydroxylation is 1. The molecule has 1 aromatic rings. The number of rotatable bonds is 2. The van der Waals surface area contributed by atoms with Crippen molar-refractivity contribution >= 4 is 28.5 Å². The second kappa shape index (κ2) is 4.66. The maximum absolute atomic E-state index is 11.8. The molecule has 0 spiro atoms. The van der Waals surface area contributed by atoms with Crippen molar-refractivity contribution in [1.29, 1.82) is 0 Å². The molecule has 2 heterocycles. The molecule has 0 bridgehead atoms. The molecule has 2 amide bonds. The van der Waals surface area contributed by atoms with Crippen LogP contribution < -0.4 is 5.32 Å². The predicted octanol–water partition coefficient (Wildman–Crippen LogP) is 0.927. The number of amides is 2. The van der Waals surface area contributed by atoms with E-state index in [0.29, 0.717) is 24.5 Å². The zero-order valence-electron chi connectivity index (χ0n) is 9.21. The molecule has 92 valence electrons. The molecule has 17 heavy (non-hydrogen) atoms. The SMILES string of the molecule is Cc1nnc(NC(=O)N2CCC[C@@H]2C(=O)O)s1. The molecule has 2 N–H and O–H groups in total. The Morgan fingerprint density at radius 2 is 2.29 bits per heavy atom. The highest BCUT2D eigenvalue weighted by Crippen LogP contribution is 2.20. The molecule has 2 rings (SSSR count). The third kappa shape index (κ3) is 2.52. The first kappa shape index (κ1) is 11.8. The molecule has 0 saturated carbocycles. The van der Waals surface area contributed by atoms with Gasteiger partial charge in [-0.15, -0.1) is 10.2 Å². The van der Waals surface area contributed by atoms with Gasteiger partial charge in [-0.05, 0) is 19.8 Å². The van der Waals surface area contributed by atoms with Gasteiger partial charge in [0.15, 0.2) is 0 Å². The highest BCUT2D eigenvalue weighted by atomic mass is 32.1. The highest BCUT2D eigenvalue weighted by molar-refractivity contribution is 7.15. The number of hydrogen-bond acceptors (Lipinski definition) is 5. The summed E-state index contributed by atoms with van der Waals surface area (Å²) in [4.78, 5) is 24.1. The highest BCUT2D eigenvalue weighted by Gasteiger charge is 2.34. The third-order valence-corrected chi connectivity index (χ3v) is 3.29. The number of hydrogen-bond donors (Lipinski definition) is 2. The second-order valence-electron chi connectivity index (χ2n) is 3.75. The second-order valence-corrected chi connectivity index (χ2v) is 4.93. The predicted molar refractivity (Wildman–Crippen MR) is 61.0 cm³/mol. The van der Waals surface area contributed by atoms with Crippen molar-refractivity contribution in [2.75, 3.05) is 11.9 Å². The summed E-state index contributed by atoms with van der Waals surface area (Å²) in [6, 6.07) is -1.16. The maximum Gasteiger partial charge on any atom is 0.326 e. The number of carbonyl (C=O) groups is 2. The van der Waals surface area contributed by atoms with E-state index in [1.807, 2.05) is 0 Å². The number of likely N-dealkylation sites (tertiary alicyclic amines) is 1. The Hall–Kier alpha value is -1.70. The molecule has 1 fully saturated rings. The summed E-state index contributed by atoms with van der Waals surface area (Å²) < 4.78 is 0. The Kier molecular flexibility index (Phi) is 3.23. The van der Waals surface area contributed by atoms with Crippen LogP contribution in [0.1, 0.15) is 17.8 Å². The third-order valence-electron chi connectivity index (χ3n) is 2.54. The summed E-state index contributed by atoms with van der Waals surface area (Å²) in [6.45, 7) is 2.24. The van der Waals surface area contributed by atoms with Crippen molar-refractivity contribution in [2.45, 2.75) is 25.8 Å². The first-order valence-electron chi connectivity index (χ1n) is 5.18. The van der Waals surface area contributed by atoms with Gasteiger partial charge in [0, 0.05) is 6.54 Å². The van der Waals surface area contributed by atoms with Crippen LogP contribution in [0.25, 0.3) is 0 Å². The fourth-order valence-electron chi connectivity index (χ4n) is 1.78. The van der Waals surface area contributed by atoms with Crippen LogP contribution >= 0.6 is 11.3 Å². The van der Waals surface area contributed by atoms with E-state index in [9.17, 15) is 9.59 Å². The number of carbonyl (C=O) groups excluding carboxylic acids is 1. The number of nitrogens with one attached hydrogen (secondary N) is 1. The van der Waals surface area contributed by atoms with Crippen molar-refractivity contribution in [3.63, 3.8) is 0 Å². The molecule has 1 aromatic heterocycles. The number of aromatic nitrogens is 2. The lowest BCUT2D eigenvalue weighted by Gasteiger charge is -2.20. The van der Waals surface area contributed by atoms with Crippen LogP contribution in [0.15, 0.2) is 0 Å². The first-order chi connectivity index (χ1) is 8.08. The quantitative estimate of drug-likeness (QED) is 0.820. The van der Waals surface area contributed by atoms with Crippen LogP contribution in [0.5, 0.6) is 0 Å². The van der Waals surface area contributed by atoms with E-state index in [1.165, 1.54) is 16.2 Å². The minimum absolute atomic E-state index is 0.392. The zero-order valence-corrected chi connectivity index (χ0v) is 10.0. The van der Waals surface area contributed by atoms with Gasteiger partial charge in [-0.25, -0.2) is 9.59 Å². The molecule has 1 aliphatic rings. The maximum atomic E-state index is 11.8. The van der Waals surface area contributed by atoms with Crippen LogP contribution in [-0.4, -0.2) is 44.8 Å². The van der Waals surface area contributed by atoms with Crippen LogP contribution in [0, 0.1) is 6.92 Å². The number of aliphatic carboxylic acids is 1. The van der Waals surface area contributed by atoms with E-state index in [4.69, 9.17) is 5.11 Å². The van der Waals surface area contributed by atoms with Crippen molar-refractivity contribution in [3.05, 3.63) is 5.01 Å². The van der Waals surface area contributed by atoms with Gasteiger partial charge in [0.1, 0.15) is 11.0 Å². The Bertz CT molecular complexity index is 447. The molecule has 0 aliphatic carbocycles. The number of carboxylic acid groups (broad SMARTS) is 1. The van der Waals surface area contributed by atoms with Gasteiger partial charge in [0.25, 0.3) is 0 Å². The molecule has 1 aliphatic heterocycles. The first-order valence-corrected chi connectivity index (χ1v) is 6.00. The summed E-state index contributed by atoms with van der Waals surface area (Å²) >= 11 is 1.26. The van der Waals surface area contributed by atoms with Crippen molar-refractivity contribution in [1.82, 2.24) is 15.1 Å². The Labute approximate surface area is 101 Å². The number of nitrogens with zero attached hydrogens (tertiary/aromatic N) is 3. The lowest BCUT2D eigenvalue weighted by atomic mass is 10.2. The standard InChI is InChI=1S/C9H12N4O3S/c1-5-11-12-8(17-5)10-9(16)13-4-2-3-6(13)7(14)15/h6H,2-4H2,1H3,(H,14,15)(H,10,12,16)/t6-/m1/s1. The summed E-state index contributed by atoms with van der Waals surface area (Å²) in [5, 5.41) is 20.2. The van der Waals surface area contributed by atoms with Gasteiger partial charge < -0.3 is 10.0 Å². The average Bonchev–Trinajstić information content (AvgIpc) is 2.86. The van der Waals surface area contributed by atoms with Gasteiger partial charge in [0.05, 0.1) is 0 Å². The van der Waals surface area contributed by atoms with Crippen LogP contribution in [-0.2, 0) is 4.79 Å². The van der Waals surface area contributed by atoms with Gasteiger partial charge in [-0.2, -0.15) is 0 Å². The fourth-order valence-corrected chi connectivity index (χ4v) is 2.36. The molecule has 7 nitrogen and oxygen atoms in total. The summed E-state index contributed by atoms with van der Waals surface area (Å²) in [5.74, 6) is -0.967. The Morgan fingerprint density at radius 1 is 1.53 bits per heavy atom. The largest absolute Gasteiger partial charge is 0.480 e. The lowest BCUT2D eigenvalue weighted by molar-refractivity contribution is -0.141. The molecule has 0 unspecified atom stereocenters. The number of anilines is 1. The van der Waals surface area contributed by atoms with E-state index in [-0.39, 0.29) is 0 Å². The topological polar surface area (TPSA) is 95.4 Å². The van der Waals surface area contributed by atoms with E-state index in [1.54, 1.807) is 6.92 Å². The molecular formula is C9H12N4O3S.